The summed E-state index contributed by atoms with van der Waals surface area (Å²) in [6, 6.07) is 8.34. The number of nitrogens with zero attached hydrogens (tertiary/aromatic N) is 1. The molecule has 1 aromatic heterocycles. The van der Waals surface area contributed by atoms with Gasteiger partial charge >= 0.3 is 0 Å². The van der Waals surface area contributed by atoms with Gasteiger partial charge in [-0.2, -0.15) is 0 Å². The van der Waals surface area contributed by atoms with E-state index in [-0.39, 0.29) is 6.04 Å². The highest BCUT2D eigenvalue weighted by molar-refractivity contribution is 6.30. The second-order valence-electron chi connectivity index (χ2n) is 5.34. The molecule has 21 heavy (non-hydrogen) atoms. The van der Waals surface area contributed by atoms with Crippen molar-refractivity contribution in [2.24, 2.45) is 0 Å². The fourth-order valence-electron chi connectivity index (χ4n) is 2.58. The average Bonchev–Trinajstić information content (AvgIpc) is 3.06. The van der Waals surface area contributed by atoms with E-state index in [4.69, 9.17) is 16.3 Å². The Morgan fingerprint density at radius 1 is 1.43 bits per heavy atom. The molecular formula is C16H20ClN3O. The zero-order valence-corrected chi connectivity index (χ0v) is 12.9. The van der Waals surface area contributed by atoms with Crippen LogP contribution >= 0.6 is 11.6 Å². The van der Waals surface area contributed by atoms with E-state index in [1.165, 1.54) is 5.56 Å². The third-order valence-corrected chi connectivity index (χ3v) is 4.08. The standard InChI is InChI=1S/C16H20ClN3O/c1-2-3-8-15-19-12(16(17)20-15)9-18-13-10-21-14-7-5-4-6-11(13)14/h4-7,13,18H,2-3,8-10H2,1H3,(H,19,20). The summed E-state index contributed by atoms with van der Waals surface area (Å²) in [5, 5.41) is 4.05. The first kappa shape index (κ1) is 14.4. The van der Waals surface area contributed by atoms with Crippen LogP contribution in [0.5, 0.6) is 5.75 Å². The first-order valence-electron chi connectivity index (χ1n) is 7.46. The number of aromatic nitrogens is 2. The highest BCUT2D eigenvalue weighted by Crippen LogP contribution is 2.31. The molecule has 5 heteroatoms. The molecular weight excluding hydrogens is 286 g/mol. The van der Waals surface area contributed by atoms with Crippen molar-refractivity contribution in [1.29, 1.82) is 0 Å². The molecule has 0 fully saturated rings. The predicted octanol–water partition coefficient (Wildman–Crippen LogP) is 3.63. The number of rotatable bonds is 6. The smallest absolute Gasteiger partial charge is 0.151 e. The summed E-state index contributed by atoms with van der Waals surface area (Å²) in [5.74, 6) is 1.94. The van der Waals surface area contributed by atoms with E-state index in [9.17, 15) is 0 Å². The van der Waals surface area contributed by atoms with Gasteiger partial charge in [-0.15, -0.1) is 0 Å². The number of hydrogen-bond acceptors (Lipinski definition) is 3. The lowest BCUT2D eigenvalue weighted by atomic mass is 10.1. The van der Waals surface area contributed by atoms with Gasteiger partial charge in [-0.3, -0.25) is 0 Å². The molecule has 1 aliphatic rings. The van der Waals surface area contributed by atoms with Gasteiger partial charge in [-0.1, -0.05) is 43.1 Å². The minimum Gasteiger partial charge on any atom is -0.491 e. The van der Waals surface area contributed by atoms with Gasteiger partial charge in [0.2, 0.25) is 0 Å². The number of H-pyrrole nitrogens is 1. The summed E-state index contributed by atoms with van der Waals surface area (Å²) in [6.45, 7) is 3.50. The number of nitrogens with one attached hydrogen (secondary N) is 2. The fraction of sp³-hybridized carbons (Fsp3) is 0.438. The predicted molar refractivity (Wildman–Crippen MR) is 83.7 cm³/mol. The van der Waals surface area contributed by atoms with Crippen LogP contribution in [0.15, 0.2) is 24.3 Å². The molecule has 0 bridgehead atoms. The molecule has 0 aliphatic carbocycles. The zero-order valence-electron chi connectivity index (χ0n) is 12.2. The molecule has 1 unspecified atom stereocenters. The number of ether oxygens (including phenoxy) is 1. The van der Waals surface area contributed by atoms with Gasteiger partial charge in [0.05, 0.1) is 11.7 Å². The SMILES string of the molecule is CCCCc1nc(Cl)c(CNC2COc3ccccc32)[nH]1. The molecule has 0 saturated heterocycles. The first-order chi connectivity index (χ1) is 10.3. The normalized spacial score (nSPS) is 16.8. The van der Waals surface area contributed by atoms with Crippen molar-refractivity contribution >= 4 is 11.6 Å². The molecule has 1 aliphatic heterocycles. The molecule has 112 valence electrons. The summed E-state index contributed by atoms with van der Waals surface area (Å²) >= 11 is 6.20. The van der Waals surface area contributed by atoms with Gasteiger partial charge in [0.25, 0.3) is 0 Å². The van der Waals surface area contributed by atoms with E-state index in [2.05, 4.69) is 28.3 Å². The van der Waals surface area contributed by atoms with Crippen LogP contribution in [-0.4, -0.2) is 16.6 Å². The topological polar surface area (TPSA) is 49.9 Å². The monoisotopic (exact) mass is 305 g/mol. The zero-order chi connectivity index (χ0) is 14.7. The van der Waals surface area contributed by atoms with E-state index in [1.54, 1.807) is 0 Å². The third kappa shape index (κ3) is 3.22. The number of benzene rings is 1. The number of aryl methyl sites for hydroxylation is 1. The summed E-state index contributed by atoms with van der Waals surface area (Å²) in [5.41, 5.74) is 2.16. The largest absolute Gasteiger partial charge is 0.491 e. The first-order valence-corrected chi connectivity index (χ1v) is 7.84. The summed E-state index contributed by atoms with van der Waals surface area (Å²) in [6.07, 6.45) is 3.23. The van der Waals surface area contributed by atoms with Crippen LogP contribution in [0.3, 0.4) is 0 Å². The van der Waals surface area contributed by atoms with Gasteiger partial charge in [0, 0.05) is 18.5 Å². The van der Waals surface area contributed by atoms with Crippen LogP contribution in [0.1, 0.15) is 42.9 Å². The minimum absolute atomic E-state index is 0.208. The van der Waals surface area contributed by atoms with Crippen LogP contribution in [0, 0.1) is 0 Å². The lowest BCUT2D eigenvalue weighted by Crippen LogP contribution is -2.22. The number of unbranched alkanes of at least 4 members (excludes halogenated alkanes) is 1. The van der Waals surface area contributed by atoms with Gasteiger partial charge in [-0.05, 0) is 12.5 Å². The quantitative estimate of drug-likeness (QED) is 0.857. The van der Waals surface area contributed by atoms with Crippen molar-refractivity contribution in [3.8, 4) is 5.75 Å². The van der Waals surface area contributed by atoms with Gasteiger partial charge in [0.15, 0.2) is 5.15 Å². The maximum absolute atomic E-state index is 6.20. The maximum atomic E-state index is 6.20. The maximum Gasteiger partial charge on any atom is 0.151 e. The number of aromatic amines is 1. The Hall–Kier alpha value is -1.52. The number of fused-ring (bicyclic) bond motifs is 1. The molecule has 2 heterocycles. The Morgan fingerprint density at radius 2 is 2.29 bits per heavy atom. The second kappa shape index (κ2) is 6.50. The van der Waals surface area contributed by atoms with Gasteiger partial charge in [0.1, 0.15) is 18.2 Å². The number of para-hydroxylation sites is 1. The molecule has 1 aromatic carbocycles. The molecule has 0 radical (unpaired) electrons. The van der Waals surface area contributed by atoms with Crippen LogP contribution in [0.25, 0.3) is 0 Å². The van der Waals surface area contributed by atoms with Crippen LogP contribution in [-0.2, 0) is 13.0 Å². The Bertz CT molecular complexity index is 611. The lowest BCUT2D eigenvalue weighted by Gasteiger charge is -2.10. The Balaban J connectivity index is 1.62. The average molecular weight is 306 g/mol. The van der Waals surface area contributed by atoms with Crippen LogP contribution in [0.4, 0.5) is 0 Å². The minimum atomic E-state index is 0.208. The van der Waals surface area contributed by atoms with Crippen molar-refractivity contribution in [2.45, 2.75) is 38.8 Å². The van der Waals surface area contributed by atoms with E-state index >= 15 is 0 Å². The Labute approximate surface area is 129 Å². The highest BCUT2D eigenvalue weighted by atomic mass is 35.5. The van der Waals surface area contributed by atoms with E-state index < -0.39 is 0 Å². The molecule has 0 amide bonds. The van der Waals surface area contributed by atoms with Crippen LogP contribution < -0.4 is 10.1 Å². The Kier molecular flexibility index (Phi) is 4.46. The molecule has 0 saturated carbocycles. The van der Waals surface area contributed by atoms with Crippen molar-refractivity contribution in [2.75, 3.05) is 6.61 Å². The molecule has 2 aromatic rings. The van der Waals surface area contributed by atoms with E-state index in [0.717, 1.165) is 36.5 Å². The number of hydrogen-bond donors (Lipinski definition) is 2. The van der Waals surface area contributed by atoms with Gasteiger partial charge in [-0.25, -0.2) is 4.98 Å². The van der Waals surface area contributed by atoms with Crippen molar-refractivity contribution in [3.05, 3.63) is 46.5 Å². The van der Waals surface area contributed by atoms with Gasteiger partial charge < -0.3 is 15.0 Å². The van der Waals surface area contributed by atoms with Crippen molar-refractivity contribution in [1.82, 2.24) is 15.3 Å². The fourth-order valence-corrected chi connectivity index (χ4v) is 2.79. The summed E-state index contributed by atoms with van der Waals surface area (Å²) in [7, 11) is 0. The Morgan fingerprint density at radius 3 is 3.14 bits per heavy atom. The highest BCUT2D eigenvalue weighted by Gasteiger charge is 2.23. The summed E-state index contributed by atoms with van der Waals surface area (Å²) < 4.78 is 5.67. The molecule has 4 nitrogen and oxygen atoms in total. The van der Waals surface area contributed by atoms with Crippen LogP contribution in [0.2, 0.25) is 5.15 Å². The number of imidazole rings is 1. The van der Waals surface area contributed by atoms with E-state index in [1.807, 2.05) is 18.2 Å². The molecule has 3 rings (SSSR count). The third-order valence-electron chi connectivity index (χ3n) is 3.77. The second-order valence-corrected chi connectivity index (χ2v) is 5.70. The summed E-state index contributed by atoms with van der Waals surface area (Å²) in [4.78, 5) is 7.69. The van der Waals surface area contributed by atoms with Crippen molar-refractivity contribution < 1.29 is 4.74 Å². The molecule has 2 N–H and O–H groups in total. The van der Waals surface area contributed by atoms with Crippen molar-refractivity contribution in [3.63, 3.8) is 0 Å². The van der Waals surface area contributed by atoms with E-state index in [0.29, 0.717) is 18.3 Å². The lowest BCUT2D eigenvalue weighted by molar-refractivity contribution is 0.310. The molecule has 1 atom stereocenters. The molecule has 0 spiro atoms. The number of halogens is 1.